The van der Waals surface area contributed by atoms with E-state index in [0.29, 0.717) is 17.1 Å². The Labute approximate surface area is 150 Å². The minimum absolute atomic E-state index is 0.0683. The number of nitrogens with zero attached hydrogens (tertiary/aromatic N) is 2. The molecule has 1 aliphatic heterocycles. The number of aromatic nitrogens is 1. The Morgan fingerprint density at radius 2 is 1.73 bits per heavy atom. The minimum Gasteiger partial charge on any atom is -0.457 e. The number of aromatic amines is 1. The predicted molar refractivity (Wildman–Crippen MR) is 101 cm³/mol. The summed E-state index contributed by atoms with van der Waals surface area (Å²) in [4.78, 5) is 3.23. The largest absolute Gasteiger partial charge is 0.457 e. The van der Waals surface area contributed by atoms with Gasteiger partial charge in [-0.2, -0.15) is 10.5 Å². The number of hydrogen-bond acceptors (Lipinski definition) is 3. The number of rotatable bonds is 2. The number of fused-ring (bicyclic) bond motifs is 2. The van der Waals surface area contributed by atoms with Crippen molar-refractivity contribution in [2.45, 2.75) is 0 Å². The first-order valence-corrected chi connectivity index (χ1v) is 8.08. The van der Waals surface area contributed by atoms with E-state index >= 15 is 0 Å². The van der Waals surface area contributed by atoms with Gasteiger partial charge in [0.25, 0.3) is 0 Å². The van der Waals surface area contributed by atoms with Crippen molar-refractivity contribution in [1.29, 1.82) is 10.5 Å². The Morgan fingerprint density at radius 1 is 0.962 bits per heavy atom. The molecule has 0 bridgehead atoms. The van der Waals surface area contributed by atoms with Crippen LogP contribution in [0.5, 0.6) is 5.75 Å². The number of nitrogens with one attached hydrogen (secondary N) is 1. The van der Waals surface area contributed by atoms with E-state index in [9.17, 15) is 10.5 Å². The molecule has 0 fully saturated rings. The zero-order valence-electron chi connectivity index (χ0n) is 13.7. The van der Waals surface area contributed by atoms with Crippen LogP contribution in [-0.2, 0) is 0 Å². The number of nitriles is 2. The van der Waals surface area contributed by atoms with Crippen molar-refractivity contribution < 1.29 is 4.74 Å². The molecule has 2 aromatic carbocycles. The lowest BCUT2D eigenvalue weighted by Gasteiger charge is -2.18. The van der Waals surface area contributed by atoms with Gasteiger partial charge < -0.3 is 9.72 Å². The van der Waals surface area contributed by atoms with E-state index in [1.165, 1.54) is 0 Å². The average molecular weight is 335 g/mol. The SMILES string of the molecule is N#CC(C#N)=C1C=C(C=Cc2c[nH]c3ccccc23)Oc2ccccc21. The normalized spacial score (nSPS) is 12.8. The summed E-state index contributed by atoms with van der Waals surface area (Å²) in [6.45, 7) is 0. The van der Waals surface area contributed by atoms with Gasteiger partial charge in [-0.05, 0) is 35.9 Å². The molecule has 0 saturated carbocycles. The molecule has 0 spiro atoms. The van der Waals surface area contributed by atoms with Gasteiger partial charge in [0, 0.05) is 28.2 Å². The van der Waals surface area contributed by atoms with Gasteiger partial charge in [0.1, 0.15) is 29.2 Å². The van der Waals surface area contributed by atoms with E-state index in [-0.39, 0.29) is 5.57 Å². The van der Waals surface area contributed by atoms with E-state index in [2.05, 4.69) is 4.98 Å². The second-order valence-electron chi connectivity index (χ2n) is 5.78. The van der Waals surface area contributed by atoms with Crippen molar-refractivity contribution in [3.63, 3.8) is 0 Å². The van der Waals surface area contributed by atoms with Gasteiger partial charge in [-0.1, -0.05) is 36.4 Å². The molecule has 0 amide bonds. The molecule has 4 heteroatoms. The molecule has 4 rings (SSSR count). The molecule has 0 unspecified atom stereocenters. The summed E-state index contributed by atoms with van der Waals surface area (Å²) >= 11 is 0. The number of benzene rings is 2. The number of allylic oxidation sites excluding steroid dienone is 4. The Hall–Kier alpha value is -4.02. The second-order valence-corrected chi connectivity index (χ2v) is 5.78. The first-order valence-electron chi connectivity index (χ1n) is 8.08. The fraction of sp³-hybridized carbons (Fsp3) is 0. The van der Waals surface area contributed by atoms with Crippen molar-refractivity contribution in [2.75, 3.05) is 0 Å². The highest BCUT2D eigenvalue weighted by Crippen LogP contribution is 2.35. The Bertz CT molecular complexity index is 1160. The molecule has 1 aliphatic rings. The molecule has 0 aliphatic carbocycles. The highest BCUT2D eigenvalue weighted by Gasteiger charge is 2.18. The van der Waals surface area contributed by atoms with Crippen LogP contribution in [0.2, 0.25) is 0 Å². The molecule has 26 heavy (non-hydrogen) atoms. The van der Waals surface area contributed by atoms with Crippen LogP contribution in [0.4, 0.5) is 0 Å². The Balaban J connectivity index is 1.77. The van der Waals surface area contributed by atoms with Crippen molar-refractivity contribution in [3.05, 3.63) is 89.3 Å². The van der Waals surface area contributed by atoms with Crippen molar-refractivity contribution in [2.24, 2.45) is 0 Å². The van der Waals surface area contributed by atoms with Gasteiger partial charge in [-0.3, -0.25) is 0 Å². The van der Waals surface area contributed by atoms with Gasteiger partial charge in [0.05, 0.1) is 0 Å². The summed E-state index contributed by atoms with van der Waals surface area (Å²) in [7, 11) is 0. The van der Waals surface area contributed by atoms with Crippen LogP contribution in [0.1, 0.15) is 11.1 Å². The van der Waals surface area contributed by atoms with Crippen LogP contribution in [0.25, 0.3) is 22.6 Å². The van der Waals surface area contributed by atoms with Crippen LogP contribution in [0, 0.1) is 22.7 Å². The Kier molecular flexibility index (Phi) is 3.86. The molecule has 0 saturated heterocycles. The smallest absolute Gasteiger partial charge is 0.137 e. The monoisotopic (exact) mass is 335 g/mol. The standard InChI is InChI=1S/C22H13N3O/c23-12-16(13-24)20-11-17(26-22-8-4-2-6-19(20)22)10-9-15-14-25-21-7-3-1-5-18(15)21/h1-11,14,25H. The first kappa shape index (κ1) is 15.5. The van der Waals surface area contributed by atoms with E-state index < -0.39 is 0 Å². The maximum Gasteiger partial charge on any atom is 0.137 e. The number of hydrogen-bond donors (Lipinski definition) is 1. The third kappa shape index (κ3) is 2.66. The maximum absolute atomic E-state index is 9.27. The zero-order valence-corrected chi connectivity index (χ0v) is 13.7. The molecule has 122 valence electrons. The Morgan fingerprint density at radius 3 is 2.58 bits per heavy atom. The van der Waals surface area contributed by atoms with Crippen LogP contribution >= 0.6 is 0 Å². The second kappa shape index (κ2) is 6.47. The molecule has 0 atom stereocenters. The summed E-state index contributed by atoms with van der Waals surface area (Å²) in [5.41, 5.74) is 3.49. The number of ether oxygens (including phenoxy) is 1. The van der Waals surface area contributed by atoms with Crippen molar-refractivity contribution >= 4 is 22.6 Å². The van der Waals surface area contributed by atoms with Crippen molar-refractivity contribution in [3.8, 4) is 17.9 Å². The average Bonchev–Trinajstić information content (AvgIpc) is 3.10. The molecule has 2 heterocycles. The fourth-order valence-corrected chi connectivity index (χ4v) is 2.99. The lowest BCUT2D eigenvalue weighted by molar-refractivity contribution is 0.439. The topological polar surface area (TPSA) is 72.6 Å². The van der Waals surface area contributed by atoms with Gasteiger partial charge in [-0.15, -0.1) is 0 Å². The van der Waals surface area contributed by atoms with E-state index in [1.807, 2.05) is 79.0 Å². The van der Waals surface area contributed by atoms with E-state index in [1.54, 1.807) is 6.08 Å². The van der Waals surface area contributed by atoms with Gasteiger partial charge >= 0.3 is 0 Å². The molecule has 3 aromatic rings. The molecular weight excluding hydrogens is 322 g/mol. The molecular formula is C22H13N3O. The summed E-state index contributed by atoms with van der Waals surface area (Å²) < 4.78 is 5.92. The number of H-pyrrole nitrogens is 1. The van der Waals surface area contributed by atoms with E-state index in [4.69, 9.17) is 4.74 Å². The molecule has 0 radical (unpaired) electrons. The summed E-state index contributed by atoms with van der Waals surface area (Å²) in [6.07, 6.45) is 7.47. The third-order valence-corrected chi connectivity index (χ3v) is 4.23. The molecule has 4 nitrogen and oxygen atoms in total. The summed E-state index contributed by atoms with van der Waals surface area (Å²) in [5, 5.41) is 19.6. The highest BCUT2D eigenvalue weighted by molar-refractivity contribution is 5.90. The number of para-hydroxylation sites is 2. The van der Waals surface area contributed by atoms with Gasteiger partial charge in [0.2, 0.25) is 0 Å². The van der Waals surface area contributed by atoms with Crippen LogP contribution in [-0.4, -0.2) is 4.98 Å². The fourth-order valence-electron chi connectivity index (χ4n) is 2.99. The third-order valence-electron chi connectivity index (χ3n) is 4.23. The molecule has 1 aromatic heterocycles. The predicted octanol–water partition coefficient (Wildman–Crippen LogP) is 4.96. The van der Waals surface area contributed by atoms with Crippen molar-refractivity contribution in [1.82, 2.24) is 4.98 Å². The first-order chi connectivity index (χ1) is 12.8. The quantitative estimate of drug-likeness (QED) is 0.673. The lowest BCUT2D eigenvalue weighted by atomic mass is 9.97. The zero-order chi connectivity index (χ0) is 17.9. The highest BCUT2D eigenvalue weighted by atomic mass is 16.5. The van der Waals surface area contributed by atoms with E-state index in [0.717, 1.165) is 22.0 Å². The van der Waals surface area contributed by atoms with Crippen LogP contribution in [0.3, 0.4) is 0 Å². The lowest BCUT2D eigenvalue weighted by Crippen LogP contribution is -2.03. The summed E-state index contributed by atoms with van der Waals surface area (Å²) in [6, 6.07) is 19.4. The maximum atomic E-state index is 9.27. The van der Waals surface area contributed by atoms with Crippen LogP contribution in [0.15, 0.2) is 78.2 Å². The summed E-state index contributed by atoms with van der Waals surface area (Å²) in [5.74, 6) is 1.21. The van der Waals surface area contributed by atoms with Gasteiger partial charge in [-0.25, -0.2) is 0 Å². The van der Waals surface area contributed by atoms with Gasteiger partial charge in [0.15, 0.2) is 0 Å². The molecule has 1 N–H and O–H groups in total. The minimum atomic E-state index is 0.0683. The van der Waals surface area contributed by atoms with Crippen LogP contribution < -0.4 is 4.74 Å².